The number of nitrogens with two attached hydrogens (primary N) is 1. The molecule has 2 unspecified atom stereocenters. The third-order valence-corrected chi connectivity index (χ3v) is 1.26. The van der Waals surface area contributed by atoms with E-state index in [2.05, 4.69) is 10.4 Å². The summed E-state index contributed by atoms with van der Waals surface area (Å²) in [5.41, 5.74) is 6.91. The monoisotopic (exact) mass is 165 g/mol. The highest BCUT2D eigenvalue weighted by Crippen LogP contribution is 1.88. The van der Waals surface area contributed by atoms with Crippen LogP contribution in [-0.2, 0) is 9.84 Å². The molecule has 2 atom stereocenters. The summed E-state index contributed by atoms with van der Waals surface area (Å²) in [6.07, 6.45) is 0. The van der Waals surface area contributed by atoms with Crippen LogP contribution < -0.4 is 16.5 Å². The Balaban J connectivity index is 3.92. The molecule has 0 aromatic rings. The predicted octanol–water partition coefficient (Wildman–Crippen LogP) is -1.15. The zero-order valence-electron chi connectivity index (χ0n) is 6.43. The minimum atomic E-state index is -0.647. The summed E-state index contributed by atoms with van der Waals surface area (Å²) in [4.78, 5) is 10.8. The first-order valence-electron chi connectivity index (χ1n) is 3.13. The molecule has 0 rings (SSSR count). The highest BCUT2D eigenvalue weighted by Gasteiger charge is 2.20. The molecular formula is C5H12FN3O2. The molecule has 0 aliphatic rings. The Morgan fingerprint density at radius 1 is 1.73 bits per heavy atom. The number of nitrogens with one attached hydrogen (secondary N) is 2. The molecule has 0 heterocycles. The van der Waals surface area contributed by atoms with Gasteiger partial charge in [-0.3, -0.25) is 4.79 Å². The van der Waals surface area contributed by atoms with Gasteiger partial charge in [0, 0.05) is 6.04 Å². The largest absolute Gasteiger partial charge is 0.326 e. The van der Waals surface area contributed by atoms with Crippen molar-refractivity contribution in [3.05, 3.63) is 0 Å². The minimum Gasteiger partial charge on any atom is -0.326 e. The van der Waals surface area contributed by atoms with Crippen molar-refractivity contribution in [2.45, 2.75) is 19.0 Å². The van der Waals surface area contributed by atoms with Gasteiger partial charge in [-0.2, -0.15) is 5.48 Å². The fourth-order valence-corrected chi connectivity index (χ4v) is 0.734. The number of amides is 1. The molecule has 66 valence electrons. The maximum atomic E-state index is 11.1. The van der Waals surface area contributed by atoms with Gasteiger partial charge >= 0.3 is 0 Å². The molecule has 0 spiro atoms. The second-order valence-electron chi connectivity index (χ2n) is 2.17. The van der Waals surface area contributed by atoms with Gasteiger partial charge in [-0.05, 0) is 18.5 Å². The van der Waals surface area contributed by atoms with Crippen molar-refractivity contribution in [3.63, 3.8) is 0 Å². The Labute approximate surface area is 63.9 Å². The van der Waals surface area contributed by atoms with Crippen LogP contribution in [0.5, 0.6) is 0 Å². The number of halogens is 1. The summed E-state index contributed by atoms with van der Waals surface area (Å²) in [6.45, 7) is 1.62. The van der Waals surface area contributed by atoms with Crippen molar-refractivity contribution in [3.8, 4) is 0 Å². The Bertz CT molecular complexity index is 131. The number of hydrogen-bond acceptors (Lipinski definition) is 4. The van der Waals surface area contributed by atoms with Gasteiger partial charge in [-0.25, -0.2) is 0 Å². The second kappa shape index (κ2) is 5.00. The quantitative estimate of drug-likeness (QED) is 0.460. The zero-order chi connectivity index (χ0) is 8.85. The average molecular weight is 165 g/mol. The van der Waals surface area contributed by atoms with Crippen LogP contribution in [0.25, 0.3) is 0 Å². The van der Waals surface area contributed by atoms with E-state index in [-0.39, 0.29) is 0 Å². The topological polar surface area (TPSA) is 76.4 Å². The number of rotatable bonds is 4. The molecule has 5 nitrogen and oxygen atoms in total. The number of hydrogen-bond donors (Lipinski definition) is 3. The molecule has 0 aliphatic heterocycles. The fraction of sp³-hybridized carbons (Fsp3) is 0.800. The van der Waals surface area contributed by atoms with Gasteiger partial charge in [-0.15, -0.1) is 0 Å². The number of carbonyl (C=O) groups excluding carboxylic acids is 1. The maximum absolute atomic E-state index is 11.1. The van der Waals surface area contributed by atoms with Gasteiger partial charge in [0.1, 0.15) is 6.04 Å². The van der Waals surface area contributed by atoms with Crippen LogP contribution in [-0.4, -0.2) is 25.0 Å². The lowest BCUT2D eigenvalue weighted by Crippen LogP contribution is -2.51. The molecule has 0 aromatic carbocycles. The first-order valence-corrected chi connectivity index (χ1v) is 3.13. The normalized spacial score (nSPS) is 15.6. The highest BCUT2D eigenvalue weighted by molar-refractivity contribution is 5.81. The van der Waals surface area contributed by atoms with E-state index >= 15 is 0 Å². The van der Waals surface area contributed by atoms with E-state index in [9.17, 15) is 9.32 Å². The molecule has 0 aliphatic carbocycles. The second-order valence-corrected chi connectivity index (χ2v) is 2.17. The minimum absolute atomic E-state index is 0.407. The smallest absolute Gasteiger partial charge is 0.264 e. The molecule has 0 radical (unpaired) electrons. The van der Waals surface area contributed by atoms with Crippen molar-refractivity contribution in [1.29, 1.82) is 0 Å². The lowest BCUT2D eigenvalue weighted by molar-refractivity contribution is -0.200. The highest BCUT2D eigenvalue weighted by atomic mass is 19.3. The van der Waals surface area contributed by atoms with Crippen LogP contribution in [0.4, 0.5) is 4.53 Å². The van der Waals surface area contributed by atoms with Gasteiger partial charge in [0.05, 0.1) is 0 Å². The van der Waals surface area contributed by atoms with Crippen LogP contribution in [0.3, 0.4) is 0 Å². The fourth-order valence-electron chi connectivity index (χ4n) is 0.734. The van der Waals surface area contributed by atoms with Crippen molar-refractivity contribution in [2.75, 3.05) is 7.05 Å². The molecule has 0 saturated heterocycles. The van der Waals surface area contributed by atoms with E-state index in [1.54, 1.807) is 14.0 Å². The molecule has 11 heavy (non-hydrogen) atoms. The summed E-state index contributed by atoms with van der Waals surface area (Å²) in [6, 6.07) is -1.05. The summed E-state index contributed by atoms with van der Waals surface area (Å²) < 4.78 is 11.1. The van der Waals surface area contributed by atoms with E-state index in [1.165, 1.54) is 5.48 Å². The molecule has 0 bridgehead atoms. The summed E-state index contributed by atoms with van der Waals surface area (Å²) in [5.74, 6) is -0.634. The first-order chi connectivity index (χ1) is 5.13. The van der Waals surface area contributed by atoms with Crippen LogP contribution in [0, 0.1) is 0 Å². The van der Waals surface area contributed by atoms with Gasteiger partial charge < -0.3 is 11.1 Å². The Morgan fingerprint density at radius 3 is 2.55 bits per heavy atom. The number of carbonyl (C=O) groups is 1. The van der Waals surface area contributed by atoms with Crippen molar-refractivity contribution in [2.24, 2.45) is 5.73 Å². The molecule has 4 N–H and O–H groups in total. The molecule has 1 amide bonds. The lowest BCUT2D eigenvalue weighted by atomic mass is 10.1. The van der Waals surface area contributed by atoms with E-state index in [0.29, 0.717) is 0 Å². The van der Waals surface area contributed by atoms with Crippen molar-refractivity contribution in [1.82, 2.24) is 10.8 Å². The summed E-state index contributed by atoms with van der Waals surface area (Å²) in [7, 11) is 1.55. The van der Waals surface area contributed by atoms with Gasteiger partial charge in [-0.1, -0.05) is 5.04 Å². The molecule has 0 fully saturated rings. The molecule has 6 heteroatoms. The Morgan fingerprint density at radius 2 is 2.27 bits per heavy atom. The first kappa shape index (κ1) is 10.3. The van der Waals surface area contributed by atoms with E-state index in [0.717, 1.165) is 0 Å². The van der Waals surface area contributed by atoms with Crippen LogP contribution in [0.15, 0.2) is 0 Å². The SMILES string of the molecule is CNC(C(=O)NOF)C(C)N. The van der Waals surface area contributed by atoms with Crippen LogP contribution in [0.2, 0.25) is 0 Å². The van der Waals surface area contributed by atoms with E-state index < -0.39 is 18.0 Å². The Kier molecular flexibility index (Phi) is 4.67. The van der Waals surface area contributed by atoms with Crippen molar-refractivity contribution < 1.29 is 14.4 Å². The molecular weight excluding hydrogens is 153 g/mol. The standard InChI is InChI=1S/C5H12FN3O2/c1-3(7)4(8-2)5(10)9-11-6/h3-4,8H,7H2,1-2H3,(H,9,10). The maximum Gasteiger partial charge on any atom is 0.264 e. The Hall–Kier alpha value is -0.720. The van der Waals surface area contributed by atoms with Crippen molar-refractivity contribution >= 4 is 5.91 Å². The molecule has 0 saturated carbocycles. The number of likely N-dealkylation sites (N-methyl/N-ethyl adjacent to an activating group) is 1. The third kappa shape index (κ3) is 3.26. The summed E-state index contributed by atoms with van der Waals surface area (Å²) in [5, 5.41) is 5.54. The summed E-state index contributed by atoms with van der Waals surface area (Å²) >= 11 is 0. The van der Waals surface area contributed by atoms with Gasteiger partial charge in [0.25, 0.3) is 5.91 Å². The molecule has 0 aromatic heterocycles. The number of hydroxylamine groups is 1. The van der Waals surface area contributed by atoms with Gasteiger partial charge in [0.2, 0.25) is 0 Å². The zero-order valence-corrected chi connectivity index (χ0v) is 6.43. The lowest BCUT2D eigenvalue weighted by Gasteiger charge is -2.16. The van der Waals surface area contributed by atoms with Crippen LogP contribution >= 0.6 is 0 Å². The van der Waals surface area contributed by atoms with E-state index in [1.807, 2.05) is 0 Å². The van der Waals surface area contributed by atoms with E-state index in [4.69, 9.17) is 5.73 Å². The third-order valence-electron chi connectivity index (χ3n) is 1.26. The average Bonchev–Trinajstić information content (AvgIpc) is 1.88. The van der Waals surface area contributed by atoms with Gasteiger partial charge in [0.15, 0.2) is 0 Å². The predicted molar refractivity (Wildman–Crippen MR) is 36.8 cm³/mol. The van der Waals surface area contributed by atoms with Crippen LogP contribution in [0.1, 0.15) is 6.92 Å².